The molecule has 1 amide bonds. The van der Waals surface area contributed by atoms with Crippen LogP contribution in [0, 0.1) is 5.82 Å². The van der Waals surface area contributed by atoms with Crippen LogP contribution in [0.5, 0.6) is 0 Å². The summed E-state index contributed by atoms with van der Waals surface area (Å²) in [5, 5.41) is 0.537. The Balaban J connectivity index is 2.23. The summed E-state index contributed by atoms with van der Waals surface area (Å²) in [5.41, 5.74) is 0.590. The molecule has 0 spiro atoms. The number of hydrogen-bond donors (Lipinski definition) is 0. The fourth-order valence-electron chi connectivity index (χ4n) is 1.75. The lowest BCUT2D eigenvalue weighted by Gasteiger charge is -2.19. The Morgan fingerprint density at radius 2 is 2.05 bits per heavy atom. The van der Waals surface area contributed by atoms with Crippen molar-refractivity contribution < 1.29 is 9.18 Å². The minimum Gasteiger partial charge on any atom is -0.337 e. The number of nitrogens with zero attached hydrogens (tertiary/aromatic N) is 2. The van der Waals surface area contributed by atoms with Crippen LogP contribution in [-0.4, -0.2) is 22.8 Å². The van der Waals surface area contributed by atoms with E-state index < -0.39 is 5.82 Å². The van der Waals surface area contributed by atoms with Crippen LogP contribution >= 0.6 is 23.2 Å². The van der Waals surface area contributed by atoms with Crippen LogP contribution in [0.2, 0.25) is 10.0 Å². The SMILES string of the molecule is CN(Cc1c(F)cccc1Cl)C(=O)c1ccncc1Cl. The summed E-state index contributed by atoms with van der Waals surface area (Å²) < 4.78 is 13.7. The predicted octanol–water partition coefficient (Wildman–Crippen LogP) is 3.80. The van der Waals surface area contributed by atoms with Crippen molar-refractivity contribution in [3.8, 4) is 0 Å². The monoisotopic (exact) mass is 312 g/mol. The second-order valence-electron chi connectivity index (χ2n) is 4.22. The summed E-state index contributed by atoms with van der Waals surface area (Å²) in [6.07, 6.45) is 2.86. The van der Waals surface area contributed by atoms with E-state index in [2.05, 4.69) is 4.98 Å². The Morgan fingerprint density at radius 1 is 1.30 bits per heavy atom. The summed E-state index contributed by atoms with van der Waals surface area (Å²) >= 11 is 11.9. The minimum atomic E-state index is -0.446. The Bertz CT molecular complexity index is 629. The van der Waals surface area contributed by atoms with Crippen LogP contribution in [0.3, 0.4) is 0 Å². The van der Waals surface area contributed by atoms with Crippen LogP contribution in [0.15, 0.2) is 36.7 Å². The van der Waals surface area contributed by atoms with Gasteiger partial charge < -0.3 is 4.90 Å². The van der Waals surface area contributed by atoms with E-state index in [1.165, 1.54) is 35.5 Å². The van der Waals surface area contributed by atoms with Crippen molar-refractivity contribution in [2.45, 2.75) is 6.54 Å². The molecule has 0 saturated heterocycles. The molecule has 104 valence electrons. The van der Waals surface area contributed by atoms with Crippen LogP contribution in [0.1, 0.15) is 15.9 Å². The van der Waals surface area contributed by atoms with Gasteiger partial charge in [0, 0.05) is 36.6 Å². The molecule has 0 fully saturated rings. The van der Waals surface area contributed by atoms with E-state index in [4.69, 9.17) is 23.2 Å². The molecule has 0 N–H and O–H groups in total. The normalized spacial score (nSPS) is 10.4. The van der Waals surface area contributed by atoms with Gasteiger partial charge in [-0.05, 0) is 18.2 Å². The molecule has 1 aromatic carbocycles. The van der Waals surface area contributed by atoms with Gasteiger partial charge in [-0.2, -0.15) is 0 Å². The lowest BCUT2D eigenvalue weighted by Crippen LogP contribution is -2.27. The number of halogens is 3. The molecule has 0 bridgehead atoms. The van der Waals surface area contributed by atoms with Crippen molar-refractivity contribution >= 4 is 29.1 Å². The second kappa shape index (κ2) is 6.20. The number of carbonyl (C=O) groups excluding carboxylic acids is 1. The Kier molecular flexibility index (Phi) is 4.57. The first-order valence-electron chi connectivity index (χ1n) is 5.78. The van der Waals surface area contributed by atoms with Gasteiger partial charge in [-0.25, -0.2) is 4.39 Å². The summed E-state index contributed by atoms with van der Waals surface area (Å²) in [6.45, 7) is 0.0585. The lowest BCUT2D eigenvalue weighted by molar-refractivity contribution is 0.0784. The van der Waals surface area contributed by atoms with E-state index in [9.17, 15) is 9.18 Å². The van der Waals surface area contributed by atoms with Crippen molar-refractivity contribution in [3.05, 3.63) is 63.6 Å². The fraction of sp³-hybridized carbons (Fsp3) is 0.143. The van der Waals surface area contributed by atoms with Gasteiger partial charge in [0.1, 0.15) is 5.82 Å². The number of pyridine rings is 1. The van der Waals surface area contributed by atoms with E-state index in [1.807, 2.05) is 0 Å². The van der Waals surface area contributed by atoms with Gasteiger partial charge >= 0.3 is 0 Å². The van der Waals surface area contributed by atoms with Gasteiger partial charge in [0.15, 0.2) is 0 Å². The van der Waals surface area contributed by atoms with Crippen LogP contribution < -0.4 is 0 Å². The Morgan fingerprint density at radius 3 is 2.70 bits per heavy atom. The predicted molar refractivity (Wildman–Crippen MR) is 76.5 cm³/mol. The standard InChI is InChI=1S/C14H11Cl2FN2O/c1-19(8-10-11(15)3-2-4-13(10)17)14(20)9-5-6-18-7-12(9)16/h2-7H,8H2,1H3. The average Bonchev–Trinajstić information content (AvgIpc) is 2.42. The van der Waals surface area contributed by atoms with Crippen molar-refractivity contribution in [1.29, 1.82) is 0 Å². The third kappa shape index (κ3) is 3.08. The second-order valence-corrected chi connectivity index (χ2v) is 5.03. The molecule has 1 heterocycles. The third-order valence-corrected chi connectivity index (χ3v) is 3.46. The molecule has 1 aromatic heterocycles. The molecule has 0 atom stereocenters. The van der Waals surface area contributed by atoms with Crippen molar-refractivity contribution in [3.63, 3.8) is 0 Å². The fourth-order valence-corrected chi connectivity index (χ4v) is 2.17. The van der Waals surface area contributed by atoms with Crippen LogP contribution in [0.4, 0.5) is 4.39 Å². The third-order valence-electron chi connectivity index (χ3n) is 2.81. The van der Waals surface area contributed by atoms with E-state index in [1.54, 1.807) is 13.1 Å². The zero-order chi connectivity index (χ0) is 14.7. The zero-order valence-corrected chi connectivity index (χ0v) is 12.1. The number of benzene rings is 1. The quantitative estimate of drug-likeness (QED) is 0.863. The number of hydrogen-bond acceptors (Lipinski definition) is 2. The first kappa shape index (κ1) is 14.8. The van der Waals surface area contributed by atoms with Crippen molar-refractivity contribution in [2.75, 3.05) is 7.05 Å². The summed E-state index contributed by atoms with van der Waals surface area (Å²) in [5.74, 6) is -0.769. The molecule has 6 heteroatoms. The number of carbonyl (C=O) groups is 1. The smallest absolute Gasteiger partial charge is 0.255 e. The molecular weight excluding hydrogens is 302 g/mol. The maximum Gasteiger partial charge on any atom is 0.255 e. The van der Waals surface area contributed by atoms with Crippen LogP contribution in [-0.2, 0) is 6.54 Å². The summed E-state index contributed by atoms with van der Waals surface area (Å²) in [4.78, 5) is 17.4. The zero-order valence-electron chi connectivity index (χ0n) is 10.6. The number of aromatic nitrogens is 1. The molecule has 0 radical (unpaired) electrons. The Labute approximate surface area is 125 Å². The van der Waals surface area contributed by atoms with E-state index in [-0.39, 0.29) is 28.1 Å². The van der Waals surface area contributed by atoms with Gasteiger partial charge in [0.25, 0.3) is 5.91 Å². The lowest BCUT2D eigenvalue weighted by atomic mass is 10.1. The molecule has 0 aliphatic heterocycles. The molecule has 0 aliphatic carbocycles. The van der Waals surface area contributed by atoms with Crippen molar-refractivity contribution in [1.82, 2.24) is 9.88 Å². The topological polar surface area (TPSA) is 33.2 Å². The highest BCUT2D eigenvalue weighted by Crippen LogP contribution is 2.22. The first-order valence-corrected chi connectivity index (χ1v) is 6.54. The maximum atomic E-state index is 13.7. The largest absolute Gasteiger partial charge is 0.337 e. The maximum absolute atomic E-state index is 13.7. The van der Waals surface area contributed by atoms with E-state index in [0.717, 1.165) is 0 Å². The number of rotatable bonds is 3. The molecular formula is C14H11Cl2FN2O. The highest BCUT2D eigenvalue weighted by molar-refractivity contribution is 6.33. The number of amides is 1. The van der Waals surface area contributed by atoms with Crippen LogP contribution in [0.25, 0.3) is 0 Å². The molecule has 0 aliphatic rings. The average molecular weight is 313 g/mol. The van der Waals surface area contributed by atoms with Crippen molar-refractivity contribution in [2.24, 2.45) is 0 Å². The Hall–Kier alpha value is -1.65. The van der Waals surface area contributed by atoms with Gasteiger partial charge in [-0.3, -0.25) is 9.78 Å². The summed E-state index contributed by atoms with van der Waals surface area (Å²) in [7, 11) is 1.56. The molecule has 0 unspecified atom stereocenters. The first-order chi connectivity index (χ1) is 9.50. The van der Waals surface area contributed by atoms with E-state index >= 15 is 0 Å². The minimum absolute atomic E-state index is 0.0585. The summed E-state index contributed by atoms with van der Waals surface area (Å²) in [6, 6.07) is 5.92. The van der Waals surface area contributed by atoms with Gasteiger partial charge in [0.2, 0.25) is 0 Å². The van der Waals surface area contributed by atoms with E-state index in [0.29, 0.717) is 5.56 Å². The highest BCUT2D eigenvalue weighted by Gasteiger charge is 2.17. The molecule has 3 nitrogen and oxygen atoms in total. The highest BCUT2D eigenvalue weighted by atomic mass is 35.5. The molecule has 2 aromatic rings. The van der Waals surface area contributed by atoms with Gasteiger partial charge in [-0.15, -0.1) is 0 Å². The van der Waals surface area contributed by atoms with Gasteiger partial charge in [-0.1, -0.05) is 29.3 Å². The molecule has 20 heavy (non-hydrogen) atoms. The molecule has 2 rings (SSSR count). The molecule has 0 saturated carbocycles. The van der Waals surface area contributed by atoms with Gasteiger partial charge in [0.05, 0.1) is 10.6 Å².